The van der Waals surface area contributed by atoms with Gasteiger partial charge in [0.2, 0.25) is 0 Å². The van der Waals surface area contributed by atoms with Gasteiger partial charge in [-0.15, -0.1) is 0 Å². The van der Waals surface area contributed by atoms with Crippen molar-refractivity contribution in [2.75, 3.05) is 19.7 Å². The highest BCUT2D eigenvalue weighted by atomic mass is 16.3. The van der Waals surface area contributed by atoms with Gasteiger partial charge < -0.3 is 16.2 Å². The Morgan fingerprint density at radius 3 is 2.04 bits per heavy atom. The Hall–Kier alpha value is -0.870. The Morgan fingerprint density at radius 1 is 0.962 bits per heavy atom. The molecule has 0 bridgehead atoms. The molecule has 1 aliphatic rings. The van der Waals surface area contributed by atoms with E-state index in [1.54, 1.807) is 0 Å². The first-order chi connectivity index (χ1) is 12.4. The van der Waals surface area contributed by atoms with Gasteiger partial charge in [0.1, 0.15) is 0 Å². The van der Waals surface area contributed by atoms with E-state index in [1.165, 1.54) is 83.5 Å². The Morgan fingerprint density at radius 2 is 1.54 bits per heavy atom. The van der Waals surface area contributed by atoms with Gasteiger partial charge in [-0.05, 0) is 19.3 Å². The predicted molar refractivity (Wildman–Crippen MR) is 115 cm³/mol. The smallest absolute Gasteiger partial charge is 0.0856 e. The highest BCUT2D eigenvalue weighted by molar-refractivity contribution is 5.58. The molecule has 0 radical (unpaired) electrons. The summed E-state index contributed by atoms with van der Waals surface area (Å²) in [6.07, 6.45) is 25.4. The lowest BCUT2D eigenvalue weighted by Crippen LogP contribution is -2.32. The summed E-state index contributed by atoms with van der Waals surface area (Å²) in [5.74, 6) is 0. The van der Waals surface area contributed by atoms with E-state index in [-0.39, 0.29) is 12.8 Å². The van der Waals surface area contributed by atoms with Crippen molar-refractivity contribution in [1.29, 1.82) is 0 Å². The third-order valence-electron chi connectivity index (χ3n) is 5.15. The SMILES string of the molecule is CCCCCCCCCCCCCCC=CC(CCO)N1C=NCC1.N. The number of aliphatic hydroxyl groups excluding tert-OH is 1. The van der Waals surface area contributed by atoms with E-state index in [4.69, 9.17) is 0 Å². The molecule has 1 rings (SSSR count). The zero-order chi connectivity index (χ0) is 18.0. The van der Waals surface area contributed by atoms with Gasteiger partial charge in [-0.2, -0.15) is 0 Å². The van der Waals surface area contributed by atoms with Crippen molar-refractivity contribution < 1.29 is 5.11 Å². The minimum Gasteiger partial charge on any atom is -0.396 e. The van der Waals surface area contributed by atoms with Gasteiger partial charge in [-0.25, -0.2) is 0 Å². The van der Waals surface area contributed by atoms with Crippen LogP contribution in [-0.2, 0) is 0 Å². The van der Waals surface area contributed by atoms with Crippen LogP contribution in [0.2, 0.25) is 0 Å². The van der Waals surface area contributed by atoms with E-state index in [0.29, 0.717) is 6.04 Å². The highest BCUT2D eigenvalue weighted by Crippen LogP contribution is 2.13. The van der Waals surface area contributed by atoms with Crippen molar-refractivity contribution in [3.05, 3.63) is 12.2 Å². The molecule has 4 nitrogen and oxygen atoms in total. The van der Waals surface area contributed by atoms with Crippen LogP contribution in [-0.4, -0.2) is 42.1 Å². The van der Waals surface area contributed by atoms with E-state index in [9.17, 15) is 5.11 Å². The number of rotatable bonds is 17. The fraction of sp³-hybridized carbons (Fsp3) is 0.864. The molecule has 1 atom stereocenters. The van der Waals surface area contributed by atoms with Gasteiger partial charge >= 0.3 is 0 Å². The normalized spacial score (nSPS) is 14.9. The van der Waals surface area contributed by atoms with Gasteiger partial charge in [0.05, 0.1) is 18.9 Å². The zero-order valence-corrected chi connectivity index (χ0v) is 17.4. The molecule has 1 unspecified atom stereocenters. The summed E-state index contributed by atoms with van der Waals surface area (Å²) in [6, 6.07) is 0.327. The van der Waals surface area contributed by atoms with Crippen molar-refractivity contribution in [2.45, 2.75) is 103 Å². The summed E-state index contributed by atoms with van der Waals surface area (Å²) in [4.78, 5) is 6.52. The second-order valence-electron chi connectivity index (χ2n) is 7.45. The molecule has 1 aliphatic heterocycles. The van der Waals surface area contributed by atoms with Crippen molar-refractivity contribution in [2.24, 2.45) is 4.99 Å². The molecule has 0 saturated heterocycles. The molecule has 0 saturated carbocycles. The topological polar surface area (TPSA) is 70.8 Å². The molecule has 0 amide bonds. The van der Waals surface area contributed by atoms with Gasteiger partial charge in [-0.1, -0.05) is 89.7 Å². The minimum atomic E-state index is 0. The molecule has 0 fully saturated rings. The summed E-state index contributed by atoms with van der Waals surface area (Å²) in [7, 11) is 0. The van der Waals surface area contributed by atoms with E-state index >= 15 is 0 Å². The average molecular weight is 368 g/mol. The molecule has 0 spiro atoms. The van der Waals surface area contributed by atoms with Crippen LogP contribution in [0.5, 0.6) is 0 Å². The molecule has 0 aliphatic carbocycles. The van der Waals surface area contributed by atoms with Crippen LogP contribution >= 0.6 is 0 Å². The molecular formula is C22H45N3O. The van der Waals surface area contributed by atoms with Crippen LogP contribution < -0.4 is 6.15 Å². The van der Waals surface area contributed by atoms with Gasteiger partial charge in [0.15, 0.2) is 0 Å². The van der Waals surface area contributed by atoms with Gasteiger partial charge in [0.25, 0.3) is 0 Å². The van der Waals surface area contributed by atoms with Crippen LogP contribution in [0.15, 0.2) is 17.1 Å². The summed E-state index contributed by atoms with van der Waals surface area (Å²) in [6.45, 7) is 4.42. The largest absolute Gasteiger partial charge is 0.396 e. The first kappa shape index (κ1) is 25.1. The van der Waals surface area contributed by atoms with Gasteiger partial charge in [-0.3, -0.25) is 4.99 Å². The molecule has 0 aromatic rings. The van der Waals surface area contributed by atoms with Crippen LogP contribution in [0.1, 0.15) is 96.8 Å². The minimum absolute atomic E-state index is 0. The zero-order valence-electron chi connectivity index (χ0n) is 17.4. The second-order valence-corrected chi connectivity index (χ2v) is 7.45. The highest BCUT2D eigenvalue weighted by Gasteiger charge is 2.14. The number of allylic oxidation sites excluding steroid dienone is 1. The number of hydrogen-bond acceptors (Lipinski definition) is 4. The summed E-state index contributed by atoms with van der Waals surface area (Å²) in [5.41, 5.74) is 0. The van der Waals surface area contributed by atoms with E-state index in [2.05, 4.69) is 29.0 Å². The molecule has 0 aromatic heterocycles. The van der Waals surface area contributed by atoms with Crippen LogP contribution in [0.25, 0.3) is 0 Å². The Balaban J connectivity index is 0.00000625. The van der Waals surface area contributed by atoms with Crippen LogP contribution in [0.3, 0.4) is 0 Å². The molecule has 26 heavy (non-hydrogen) atoms. The fourth-order valence-corrected chi connectivity index (χ4v) is 3.51. The monoisotopic (exact) mass is 367 g/mol. The molecule has 154 valence electrons. The van der Waals surface area contributed by atoms with Crippen molar-refractivity contribution in [3.63, 3.8) is 0 Å². The predicted octanol–water partition coefficient (Wildman–Crippen LogP) is 5.89. The number of nitrogens with zero attached hydrogens (tertiary/aromatic N) is 2. The second kappa shape index (κ2) is 18.9. The first-order valence-electron chi connectivity index (χ1n) is 10.9. The maximum Gasteiger partial charge on any atom is 0.0856 e. The van der Waals surface area contributed by atoms with Crippen LogP contribution in [0.4, 0.5) is 0 Å². The fourth-order valence-electron chi connectivity index (χ4n) is 3.51. The van der Waals surface area contributed by atoms with Crippen molar-refractivity contribution >= 4 is 6.34 Å². The van der Waals surface area contributed by atoms with Crippen molar-refractivity contribution in [3.8, 4) is 0 Å². The Labute approximate surface area is 162 Å². The van der Waals surface area contributed by atoms with Crippen LogP contribution in [0, 0.1) is 0 Å². The standard InChI is InChI=1S/C22H42N2O.H3N/c1-2-3-4-5-6-7-8-9-10-11-12-13-14-15-16-22(17-20-25)24-19-18-23-21-24;/h15-16,21-22,25H,2-14,17-20H2,1H3;1H3. The summed E-state index contributed by atoms with van der Waals surface area (Å²) >= 11 is 0. The summed E-state index contributed by atoms with van der Waals surface area (Å²) in [5, 5.41) is 9.21. The Bertz CT molecular complexity index is 344. The molecule has 1 heterocycles. The Kier molecular flexibility index (Phi) is 18.3. The van der Waals surface area contributed by atoms with E-state index in [0.717, 1.165) is 19.5 Å². The third kappa shape index (κ3) is 13.3. The first-order valence-corrected chi connectivity index (χ1v) is 10.9. The van der Waals surface area contributed by atoms with E-state index in [1.807, 2.05) is 6.34 Å². The number of aliphatic hydroxyl groups is 1. The van der Waals surface area contributed by atoms with E-state index < -0.39 is 0 Å². The van der Waals surface area contributed by atoms with Gasteiger partial charge in [0, 0.05) is 13.2 Å². The summed E-state index contributed by atoms with van der Waals surface area (Å²) < 4.78 is 0. The lowest BCUT2D eigenvalue weighted by atomic mass is 10.0. The maximum absolute atomic E-state index is 9.21. The lowest BCUT2D eigenvalue weighted by Gasteiger charge is -2.23. The number of aliphatic imine (C=N–C) groups is 1. The quantitative estimate of drug-likeness (QED) is 0.249. The molecular weight excluding hydrogens is 322 g/mol. The maximum atomic E-state index is 9.21. The third-order valence-corrected chi connectivity index (χ3v) is 5.15. The lowest BCUT2D eigenvalue weighted by molar-refractivity contribution is 0.249. The molecule has 4 N–H and O–H groups in total. The molecule has 0 aromatic carbocycles. The average Bonchev–Trinajstić information content (AvgIpc) is 3.15. The van der Waals surface area contributed by atoms with Crippen molar-refractivity contribution in [1.82, 2.24) is 11.1 Å². The molecule has 4 heteroatoms. The number of unbranched alkanes of at least 4 members (excludes halogenated alkanes) is 12. The number of hydrogen-bond donors (Lipinski definition) is 2.